The van der Waals surface area contributed by atoms with E-state index in [1.165, 1.54) is 12.4 Å². The summed E-state index contributed by atoms with van der Waals surface area (Å²) in [5.74, 6) is 0.653. The third-order valence-electron chi connectivity index (χ3n) is 2.45. The van der Waals surface area contributed by atoms with Gasteiger partial charge in [0.25, 0.3) is 0 Å². The van der Waals surface area contributed by atoms with Gasteiger partial charge in [-0.3, -0.25) is 20.5 Å². The molecule has 3 rings (SSSR count). The van der Waals surface area contributed by atoms with Crippen molar-refractivity contribution in [3.05, 3.63) is 35.4 Å². The fraction of sp³-hybridized carbons (Fsp3) is 0.0909. The Morgan fingerprint density at radius 2 is 2.30 bits per heavy atom. The maximum absolute atomic E-state index is 9.58. The van der Waals surface area contributed by atoms with Crippen LogP contribution in [-0.2, 0) is 0 Å². The monoisotopic (exact) mass is 292 g/mol. The largest absolute Gasteiger partial charge is 0.327 e. The first-order valence-electron chi connectivity index (χ1n) is 5.63. The molecule has 1 aliphatic rings. The quantitative estimate of drug-likeness (QED) is 0.889. The van der Waals surface area contributed by atoms with Crippen LogP contribution < -0.4 is 5.32 Å². The molecule has 9 heteroatoms. The molecule has 1 aliphatic heterocycles. The minimum absolute atomic E-state index is 0.124. The van der Waals surface area contributed by atoms with E-state index in [9.17, 15) is 5.21 Å². The summed E-state index contributed by atoms with van der Waals surface area (Å²) in [5, 5.41) is 17.6. The van der Waals surface area contributed by atoms with Crippen molar-refractivity contribution in [2.75, 3.05) is 11.9 Å². The van der Waals surface area contributed by atoms with Crippen LogP contribution in [0.1, 0.15) is 0 Å². The van der Waals surface area contributed by atoms with Gasteiger partial charge in [0.2, 0.25) is 5.82 Å². The van der Waals surface area contributed by atoms with Crippen molar-refractivity contribution >= 4 is 23.8 Å². The van der Waals surface area contributed by atoms with Crippen molar-refractivity contribution in [2.24, 2.45) is 4.99 Å². The lowest BCUT2D eigenvalue weighted by molar-refractivity contribution is -0.0392. The van der Waals surface area contributed by atoms with Crippen molar-refractivity contribution in [1.82, 2.24) is 20.2 Å². The van der Waals surface area contributed by atoms with Gasteiger partial charge in [-0.05, 0) is 12.1 Å². The van der Waals surface area contributed by atoms with Crippen LogP contribution in [0.4, 0.5) is 6.01 Å². The third-order valence-corrected chi connectivity index (χ3v) is 2.68. The molecule has 102 valence electrons. The van der Waals surface area contributed by atoms with E-state index in [4.69, 9.17) is 16.1 Å². The molecule has 2 N–H and O–H groups in total. The summed E-state index contributed by atoms with van der Waals surface area (Å²) in [6, 6.07) is 3.49. The zero-order valence-corrected chi connectivity index (χ0v) is 10.8. The molecule has 20 heavy (non-hydrogen) atoms. The molecule has 0 bridgehead atoms. The number of aliphatic imine (C=N–C) groups is 1. The fourth-order valence-electron chi connectivity index (χ4n) is 1.51. The van der Waals surface area contributed by atoms with Gasteiger partial charge in [0.05, 0.1) is 17.8 Å². The number of nitrogens with zero attached hydrogens (tertiary/aromatic N) is 5. The predicted octanol–water partition coefficient (Wildman–Crippen LogP) is 1.77. The topological polar surface area (TPSA) is 99.7 Å². The number of halogens is 1. The SMILES string of the molecule is ON1CC=NC=C1Nc1nc(-c2ccc(Cl)cn2)no1. The second-order valence-electron chi connectivity index (χ2n) is 3.84. The maximum Gasteiger partial charge on any atom is 0.327 e. The molecule has 0 saturated heterocycles. The number of rotatable bonds is 3. The Labute approximate surface area is 118 Å². The van der Waals surface area contributed by atoms with Crippen LogP contribution in [0.3, 0.4) is 0 Å². The summed E-state index contributed by atoms with van der Waals surface area (Å²) in [4.78, 5) is 12.1. The molecule has 0 unspecified atom stereocenters. The molecule has 0 fully saturated rings. The van der Waals surface area contributed by atoms with Gasteiger partial charge in [-0.25, -0.2) is 5.06 Å². The molecule has 2 aromatic rings. The Kier molecular flexibility index (Phi) is 3.32. The van der Waals surface area contributed by atoms with Crippen molar-refractivity contribution < 1.29 is 9.73 Å². The Morgan fingerprint density at radius 3 is 3.05 bits per heavy atom. The van der Waals surface area contributed by atoms with Gasteiger partial charge in [0.1, 0.15) is 5.69 Å². The summed E-state index contributed by atoms with van der Waals surface area (Å²) < 4.78 is 5.02. The van der Waals surface area contributed by atoms with Crippen LogP contribution >= 0.6 is 11.6 Å². The lowest BCUT2D eigenvalue weighted by Crippen LogP contribution is -2.27. The van der Waals surface area contributed by atoms with Gasteiger partial charge in [0.15, 0.2) is 5.82 Å². The summed E-state index contributed by atoms with van der Waals surface area (Å²) in [6.45, 7) is 0.276. The zero-order valence-electron chi connectivity index (χ0n) is 10.1. The van der Waals surface area contributed by atoms with E-state index in [0.717, 1.165) is 5.06 Å². The van der Waals surface area contributed by atoms with Gasteiger partial charge < -0.3 is 4.52 Å². The van der Waals surface area contributed by atoms with E-state index < -0.39 is 0 Å². The van der Waals surface area contributed by atoms with E-state index >= 15 is 0 Å². The highest BCUT2D eigenvalue weighted by Crippen LogP contribution is 2.18. The highest BCUT2D eigenvalue weighted by atomic mass is 35.5. The number of hydroxylamine groups is 2. The van der Waals surface area contributed by atoms with E-state index in [1.807, 2.05) is 0 Å². The number of anilines is 1. The smallest absolute Gasteiger partial charge is 0.315 e. The summed E-state index contributed by atoms with van der Waals surface area (Å²) in [5.41, 5.74) is 0.530. The van der Waals surface area contributed by atoms with Gasteiger partial charge in [0, 0.05) is 12.4 Å². The lowest BCUT2D eigenvalue weighted by atomic mass is 10.3. The summed E-state index contributed by atoms with van der Waals surface area (Å²) >= 11 is 5.76. The standard InChI is InChI=1S/C11H9ClN6O2/c12-7-1-2-8(14-5-7)10-16-11(20-17-10)15-9-6-13-3-4-18(9)19/h1-3,5-6,19H,4H2,(H,15,16,17). The number of hydrogen-bond donors (Lipinski definition) is 2. The molecule has 0 aliphatic carbocycles. The Hall–Kier alpha value is -2.45. The van der Waals surface area contributed by atoms with Gasteiger partial charge in [-0.1, -0.05) is 16.8 Å². The van der Waals surface area contributed by atoms with Crippen LogP contribution in [0.15, 0.2) is 39.9 Å². The first-order chi connectivity index (χ1) is 9.72. The van der Waals surface area contributed by atoms with Crippen LogP contribution in [0.2, 0.25) is 5.02 Å². The predicted molar refractivity (Wildman–Crippen MR) is 71.2 cm³/mol. The minimum atomic E-state index is 0.124. The Balaban J connectivity index is 1.78. The molecular weight excluding hydrogens is 284 g/mol. The van der Waals surface area contributed by atoms with E-state index in [1.54, 1.807) is 18.3 Å². The van der Waals surface area contributed by atoms with Crippen molar-refractivity contribution in [3.8, 4) is 11.5 Å². The first kappa shape index (κ1) is 12.6. The van der Waals surface area contributed by atoms with E-state index in [2.05, 4.69) is 25.4 Å². The highest BCUT2D eigenvalue weighted by Gasteiger charge is 2.14. The molecule has 0 atom stereocenters. The molecular formula is C11H9ClN6O2. The molecule has 0 saturated carbocycles. The average Bonchev–Trinajstić information content (AvgIpc) is 2.91. The molecule has 3 heterocycles. The highest BCUT2D eigenvalue weighted by molar-refractivity contribution is 6.30. The number of hydrogen-bond acceptors (Lipinski definition) is 8. The van der Waals surface area contributed by atoms with Crippen LogP contribution in [0.5, 0.6) is 0 Å². The summed E-state index contributed by atoms with van der Waals surface area (Å²) in [6.07, 6.45) is 4.49. The van der Waals surface area contributed by atoms with E-state index in [0.29, 0.717) is 22.4 Å². The van der Waals surface area contributed by atoms with Gasteiger partial charge in [-0.2, -0.15) is 4.98 Å². The molecule has 2 aromatic heterocycles. The molecule has 0 radical (unpaired) electrons. The Morgan fingerprint density at radius 1 is 1.40 bits per heavy atom. The second kappa shape index (κ2) is 5.27. The van der Waals surface area contributed by atoms with Gasteiger partial charge >= 0.3 is 6.01 Å². The second-order valence-corrected chi connectivity index (χ2v) is 4.27. The van der Waals surface area contributed by atoms with Crippen LogP contribution in [0.25, 0.3) is 11.5 Å². The zero-order chi connectivity index (χ0) is 13.9. The molecule has 0 amide bonds. The lowest BCUT2D eigenvalue weighted by Gasteiger charge is -2.19. The van der Waals surface area contributed by atoms with Crippen LogP contribution in [-0.4, -0.2) is 38.2 Å². The van der Waals surface area contributed by atoms with Crippen molar-refractivity contribution in [2.45, 2.75) is 0 Å². The average molecular weight is 293 g/mol. The van der Waals surface area contributed by atoms with Crippen LogP contribution in [0, 0.1) is 0 Å². The number of aromatic nitrogens is 3. The maximum atomic E-state index is 9.58. The molecule has 0 spiro atoms. The normalized spacial score (nSPS) is 14.3. The van der Waals surface area contributed by atoms with Crippen molar-refractivity contribution in [1.29, 1.82) is 0 Å². The molecule has 8 nitrogen and oxygen atoms in total. The summed E-state index contributed by atoms with van der Waals surface area (Å²) in [7, 11) is 0. The Bertz CT molecular complexity index is 666. The molecule has 0 aromatic carbocycles. The first-order valence-corrected chi connectivity index (χ1v) is 6.01. The third kappa shape index (κ3) is 2.60. The van der Waals surface area contributed by atoms with Gasteiger partial charge in [-0.15, -0.1) is 0 Å². The fourth-order valence-corrected chi connectivity index (χ4v) is 1.62. The van der Waals surface area contributed by atoms with Crippen molar-refractivity contribution in [3.63, 3.8) is 0 Å². The number of nitrogens with one attached hydrogen (secondary N) is 1. The number of pyridine rings is 1. The van der Waals surface area contributed by atoms with E-state index in [-0.39, 0.29) is 12.6 Å². The minimum Gasteiger partial charge on any atom is -0.315 e.